The van der Waals surface area contributed by atoms with Crippen LogP contribution in [0.5, 0.6) is 0 Å². The highest BCUT2D eigenvalue weighted by Gasteiger charge is 2.30. The van der Waals surface area contributed by atoms with Gasteiger partial charge < -0.3 is 15.5 Å². The molecule has 2 aliphatic heterocycles. The molecule has 6 heteroatoms. The zero-order chi connectivity index (χ0) is 20.8. The number of rotatable bonds is 7. The third kappa shape index (κ3) is 5.15. The summed E-state index contributed by atoms with van der Waals surface area (Å²) in [5.41, 5.74) is 2.37. The number of hydrogen-bond donors (Lipinski definition) is 2. The summed E-state index contributed by atoms with van der Waals surface area (Å²) in [6.07, 6.45) is 9.02. The van der Waals surface area contributed by atoms with Gasteiger partial charge in [-0.1, -0.05) is 31.0 Å². The second-order valence-electron chi connectivity index (χ2n) is 8.85. The number of amides is 1. The van der Waals surface area contributed by atoms with E-state index < -0.39 is 0 Å². The van der Waals surface area contributed by atoms with Gasteiger partial charge in [-0.15, -0.1) is 0 Å². The second kappa shape index (κ2) is 10.3. The first-order chi connectivity index (χ1) is 14.7. The Labute approximate surface area is 181 Å². The van der Waals surface area contributed by atoms with Crippen molar-refractivity contribution in [1.29, 1.82) is 0 Å². The Kier molecular flexibility index (Phi) is 7.26. The minimum atomic E-state index is 0.219. The summed E-state index contributed by atoms with van der Waals surface area (Å²) in [5.74, 6) is 1.12. The van der Waals surface area contributed by atoms with Crippen molar-refractivity contribution in [3.8, 4) is 0 Å². The number of hydrogen-bond acceptors (Lipinski definition) is 3. The molecule has 1 aliphatic carbocycles. The standard InChI is InChI=1S/C24H37N5O/c1-2-25-24(27-20-14-16-28(18-20)21-9-4-5-10-21)26-15-7-12-23(30)29-17-13-19-8-3-6-11-22(19)29/h3,6,8,11,20-21H,2,4-5,7,9-10,12-18H2,1H3,(H2,25,26,27). The van der Waals surface area contributed by atoms with Crippen LogP contribution in [-0.2, 0) is 11.2 Å². The Morgan fingerprint density at radius 1 is 1.17 bits per heavy atom. The van der Waals surface area contributed by atoms with E-state index in [0.29, 0.717) is 19.0 Å². The molecule has 1 unspecified atom stereocenters. The molecule has 2 heterocycles. The van der Waals surface area contributed by atoms with Crippen molar-refractivity contribution in [3.63, 3.8) is 0 Å². The molecule has 0 radical (unpaired) electrons. The van der Waals surface area contributed by atoms with E-state index in [0.717, 1.165) is 50.2 Å². The van der Waals surface area contributed by atoms with Crippen LogP contribution < -0.4 is 15.5 Å². The van der Waals surface area contributed by atoms with Gasteiger partial charge in [0.15, 0.2) is 5.96 Å². The number of nitrogens with one attached hydrogen (secondary N) is 2. The van der Waals surface area contributed by atoms with Crippen LogP contribution in [0, 0.1) is 0 Å². The molecule has 1 atom stereocenters. The van der Waals surface area contributed by atoms with Crippen LogP contribution in [0.15, 0.2) is 29.3 Å². The minimum Gasteiger partial charge on any atom is -0.357 e. The van der Waals surface area contributed by atoms with Crippen LogP contribution >= 0.6 is 0 Å². The van der Waals surface area contributed by atoms with Gasteiger partial charge in [-0.25, -0.2) is 0 Å². The molecule has 1 saturated heterocycles. The van der Waals surface area contributed by atoms with Crippen molar-refractivity contribution in [3.05, 3.63) is 29.8 Å². The number of benzene rings is 1. The molecule has 4 rings (SSSR count). The van der Waals surface area contributed by atoms with E-state index in [-0.39, 0.29) is 5.91 Å². The van der Waals surface area contributed by atoms with Crippen molar-refractivity contribution < 1.29 is 4.79 Å². The predicted octanol–water partition coefficient (Wildman–Crippen LogP) is 2.93. The SMILES string of the molecule is CCNC(=NCCCC(=O)N1CCc2ccccc21)NC1CCN(C2CCCC2)C1. The summed E-state index contributed by atoms with van der Waals surface area (Å²) in [4.78, 5) is 22.0. The van der Waals surface area contributed by atoms with Crippen LogP contribution in [0.25, 0.3) is 0 Å². The summed E-state index contributed by atoms with van der Waals surface area (Å²) < 4.78 is 0. The Bertz CT molecular complexity index is 743. The summed E-state index contributed by atoms with van der Waals surface area (Å²) >= 11 is 0. The van der Waals surface area contributed by atoms with Crippen LogP contribution in [0.3, 0.4) is 0 Å². The fourth-order valence-corrected chi connectivity index (χ4v) is 5.17. The molecular weight excluding hydrogens is 374 g/mol. The highest BCUT2D eigenvalue weighted by molar-refractivity contribution is 5.95. The Morgan fingerprint density at radius 2 is 2.00 bits per heavy atom. The van der Waals surface area contributed by atoms with Gasteiger partial charge in [0, 0.05) is 56.9 Å². The van der Waals surface area contributed by atoms with Crippen molar-refractivity contribution in [2.45, 2.75) is 70.4 Å². The maximum atomic E-state index is 12.7. The predicted molar refractivity (Wildman–Crippen MR) is 123 cm³/mol. The number of para-hydroxylation sites is 1. The number of fused-ring (bicyclic) bond motifs is 1. The van der Waals surface area contributed by atoms with Crippen molar-refractivity contribution in [2.75, 3.05) is 37.6 Å². The first-order valence-corrected chi connectivity index (χ1v) is 11.9. The Balaban J connectivity index is 1.22. The van der Waals surface area contributed by atoms with E-state index >= 15 is 0 Å². The van der Waals surface area contributed by atoms with Gasteiger partial charge in [0.2, 0.25) is 5.91 Å². The number of anilines is 1. The molecule has 3 aliphatic rings. The molecule has 6 nitrogen and oxygen atoms in total. The van der Waals surface area contributed by atoms with Gasteiger partial charge in [0.05, 0.1) is 0 Å². The summed E-state index contributed by atoms with van der Waals surface area (Å²) in [6.45, 7) is 6.77. The van der Waals surface area contributed by atoms with E-state index in [1.165, 1.54) is 44.2 Å². The minimum absolute atomic E-state index is 0.219. The van der Waals surface area contributed by atoms with E-state index in [4.69, 9.17) is 4.99 Å². The smallest absolute Gasteiger partial charge is 0.227 e. The lowest BCUT2D eigenvalue weighted by atomic mass is 10.2. The monoisotopic (exact) mass is 411 g/mol. The third-order valence-corrected chi connectivity index (χ3v) is 6.75. The molecule has 2 N–H and O–H groups in total. The first-order valence-electron chi connectivity index (χ1n) is 11.9. The van der Waals surface area contributed by atoms with Crippen molar-refractivity contribution in [2.24, 2.45) is 4.99 Å². The third-order valence-electron chi connectivity index (χ3n) is 6.75. The Morgan fingerprint density at radius 3 is 2.83 bits per heavy atom. The highest BCUT2D eigenvalue weighted by atomic mass is 16.2. The number of carbonyl (C=O) groups excluding carboxylic acids is 1. The molecule has 1 aromatic rings. The van der Waals surface area contributed by atoms with Crippen molar-refractivity contribution in [1.82, 2.24) is 15.5 Å². The molecule has 1 amide bonds. The van der Waals surface area contributed by atoms with Gasteiger partial charge in [-0.3, -0.25) is 14.7 Å². The molecule has 2 fully saturated rings. The lowest BCUT2D eigenvalue weighted by molar-refractivity contribution is -0.118. The van der Waals surface area contributed by atoms with Crippen LogP contribution in [0.4, 0.5) is 5.69 Å². The van der Waals surface area contributed by atoms with Gasteiger partial charge in [-0.05, 0) is 50.7 Å². The quantitative estimate of drug-likeness (QED) is 0.411. The summed E-state index contributed by atoms with van der Waals surface area (Å²) in [5, 5.41) is 7.00. The topological polar surface area (TPSA) is 60.0 Å². The summed E-state index contributed by atoms with van der Waals surface area (Å²) in [6, 6.07) is 9.53. The van der Waals surface area contributed by atoms with Crippen LogP contribution in [0.2, 0.25) is 0 Å². The van der Waals surface area contributed by atoms with Gasteiger partial charge in [0.25, 0.3) is 0 Å². The van der Waals surface area contributed by atoms with E-state index in [1.807, 2.05) is 17.0 Å². The van der Waals surface area contributed by atoms with Crippen LogP contribution in [0.1, 0.15) is 57.4 Å². The number of guanidine groups is 1. The summed E-state index contributed by atoms with van der Waals surface area (Å²) in [7, 11) is 0. The number of carbonyl (C=O) groups is 1. The zero-order valence-corrected chi connectivity index (χ0v) is 18.4. The average molecular weight is 412 g/mol. The van der Waals surface area contributed by atoms with E-state index in [9.17, 15) is 4.79 Å². The molecule has 30 heavy (non-hydrogen) atoms. The number of likely N-dealkylation sites (tertiary alicyclic amines) is 1. The van der Waals surface area contributed by atoms with Gasteiger partial charge >= 0.3 is 0 Å². The molecule has 0 aromatic heterocycles. The lowest BCUT2D eigenvalue weighted by Crippen LogP contribution is -2.45. The normalized spacial score (nSPS) is 22.5. The van der Waals surface area contributed by atoms with Crippen molar-refractivity contribution >= 4 is 17.6 Å². The average Bonchev–Trinajstić information content (AvgIpc) is 3.51. The van der Waals surface area contributed by atoms with E-state index in [1.54, 1.807) is 0 Å². The lowest BCUT2D eigenvalue weighted by Gasteiger charge is -2.24. The van der Waals surface area contributed by atoms with E-state index in [2.05, 4.69) is 34.6 Å². The Hall–Kier alpha value is -2.08. The second-order valence-corrected chi connectivity index (χ2v) is 8.85. The zero-order valence-electron chi connectivity index (χ0n) is 18.4. The fourth-order valence-electron chi connectivity index (χ4n) is 5.17. The molecule has 1 saturated carbocycles. The molecule has 0 bridgehead atoms. The molecule has 0 spiro atoms. The first kappa shape index (κ1) is 21.2. The maximum absolute atomic E-state index is 12.7. The highest BCUT2D eigenvalue weighted by Crippen LogP contribution is 2.28. The maximum Gasteiger partial charge on any atom is 0.227 e. The number of nitrogens with zero attached hydrogens (tertiary/aromatic N) is 3. The van der Waals surface area contributed by atoms with Crippen LogP contribution in [-0.4, -0.2) is 61.6 Å². The fraction of sp³-hybridized carbons (Fsp3) is 0.667. The molecular formula is C24H37N5O. The largest absolute Gasteiger partial charge is 0.357 e. The molecule has 1 aromatic carbocycles. The van der Waals surface area contributed by atoms with Gasteiger partial charge in [-0.2, -0.15) is 0 Å². The molecule has 164 valence electrons. The van der Waals surface area contributed by atoms with Gasteiger partial charge in [0.1, 0.15) is 0 Å². The number of aliphatic imine (C=N–C) groups is 1.